The van der Waals surface area contributed by atoms with E-state index >= 15 is 0 Å². The Labute approximate surface area is 184 Å². The molecule has 2 rings (SSSR count). The Kier molecular flexibility index (Phi) is 8.79. The first-order valence-electron chi connectivity index (χ1n) is 10.6. The van der Waals surface area contributed by atoms with Crippen molar-refractivity contribution in [1.29, 1.82) is 0 Å². The summed E-state index contributed by atoms with van der Waals surface area (Å²) in [4.78, 5) is 37.7. The zero-order valence-electron chi connectivity index (χ0n) is 18.8. The van der Waals surface area contributed by atoms with Crippen LogP contribution in [0, 0.1) is 5.92 Å². The van der Waals surface area contributed by atoms with E-state index in [0.29, 0.717) is 5.69 Å². The van der Waals surface area contributed by atoms with Gasteiger partial charge in [0.1, 0.15) is 6.04 Å². The van der Waals surface area contributed by atoms with Crippen LogP contribution in [0.3, 0.4) is 0 Å². The third-order valence-electron chi connectivity index (χ3n) is 4.95. The first-order valence-corrected chi connectivity index (χ1v) is 10.6. The van der Waals surface area contributed by atoms with E-state index in [2.05, 4.69) is 10.6 Å². The monoisotopic (exact) mass is 424 g/mol. The molecule has 0 aliphatic carbocycles. The van der Waals surface area contributed by atoms with Crippen molar-refractivity contribution in [2.75, 3.05) is 5.32 Å². The van der Waals surface area contributed by atoms with E-state index in [4.69, 9.17) is 4.74 Å². The van der Waals surface area contributed by atoms with Gasteiger partial charge in [-0.15, -0.1) is 0 Å². The Hall–Kier alpha value is -3.15. The lowest BCUT2D eigenvalue weighted by atomic mass is 10.0. The maximum atomic E-state index is 12.7. The van der Waals surface area contributed by atoms with E-state index in [-0.39, 0.29) is 24.2 Å². The van der Waals surface area contributed by atoms with Gasteiger partial charge in [0, 0.05) is 5.69 Å². The number of hydrogen-bond donors (Lipinski definition) is 2. The SMILES string of the molecule is CC(C)c1ccccc1NC(=O)[C@@H](C)OC(=O)[C@@H](NC(=O)Cc1ccccc1)C(C)C. The van der Waals surface area contributed by atoms with Crippen LogP contribution < -0.4 is 10.6 Å². The average molecular weight is 425 g/mol. The molecule has 6 nitrogen and oxygen atoms in total. The summed E-state index contributed by atoms with van der Waals surface area (Å²) in [5.41, 5.74) is 2.55. The second-order valence-corrected chi connectivity index (χ2v) is 8.26. The highest BCUT2D eigenvalue weighted by Gasteiger charge is 2.29. The van der Waals surface area contributed by atoms with Gasteiger partial charge in [-0.3, -0.25) is 9.59 Å². The number of esters is 1. The van der Waals surface area contributed by atoms with Crippen LogP contribution in [-0.4, -0.2) is 29.9 Å². The summed E-state index contributed by atoms with van der Waals surface area (Å²) in [6.07, 6.45) is -0.834. The van der Waals surface area contributed by atoms with Crippen LogP contribution in [0.4, 0.5) is 5.69 Å². The Morgan fingerprint density at radius 2 is 1.48 bits per heavy atom. The van der Waals surface area contributed by atoms with Gasteiger partial charge in [0.25, 0.3) is 5.91 Å². The van der Waals surface area contributed by atoms with Crippen LogP contribution in [0.1, 0.15) is 51.7 Å². The summed E-state index contributed by atoms with van der Waals surface area (Å²) in [7, 11) is 0. The number of ether oxygens (including phenoxy) is 1. The standard InChI is InChI=1S/C25H32N2O4/c1-16(2)20-13-9-10-14-21(20)26-24(29)18(5)31-25(30)23(17(3)4)27-22(28)15-19-11-7-6-8-12-19/h6-14,16-18,23H,15H2,1-5H3,(H,26,29)(H,27,28)/t18-,23+/m1/s1. The Balaban J connectivity index is 1.98. The highest BCUT2D eigenvalue weighted by molar-refractivity contribution is 5.96. The Morgan fingerprint density at radius 3 is 2.10 bits per heavy atom. The Morgan fingerprint density at radius 1 is 0.871 bits per heavy atom. The topological polar surface area (TPSA) is 84.5 Å². The zero-order valence-corrected chi connectivity index (χ0v) is 18.8. The van der Waals surface area contributed by atoms with E-state index in [0.717, 1.165) is 11.1 Å². The molecule has 0 saturated heterocycles. The summed E-state index contributed by atoms with van der Waals surface area (Å²) in [5, 5.41) is 5.57. The molecule has 2 aromatic carbocycles. The fourth-order valence-corrected chi connectivity index (χ4v) is 3.15. The highest BCUT2D eigenvalue weighted by Crippen LogP contribution is 2.24. The van der Waals surface area contributed by atoms with E-state index < -0.39 is 24.0 Å². The van der Waals surface area contributed by atoms with Gasteiger partial charge in [-0.05, 0) is 36.0 Å². The molecule has 6 heteroatoms. The maximum Gasteiger partial charge on any atom is 0.329 e. The molecule has 0 aliphatic heterocycles. The number of rotatable bonds is 9. The number of carbonyl (C=O) groups is 3. The number of carbonyl (C=O) groups excluding carboxylic acids is 3. The molecule has 166 valence electrons. The molecule has 2 atom stereocenters. The van der Waals surface area contributed by atoms with Gasteiger partial charge in [0.05, 0.1) is 6.42 Å². The first-order chi connectivity index (χ1) is 14.7. The number of hydrogen-bond acceptors (Lipinski definition) is 4. The van der Waals surface area contributed by atoms with Crippen molar-refractivity contribution in [2.45, 2.75) is 59.1 Å². The fraction of sp³-hybridized carbons (Fsp3) is 0.400. The predicted molar refractivity (Wildman–Crippen MR) is 122 cm³/mol. The lowest BCUT2D eigenvalue weighted by molar-refractivity contribution is -0.157. The van der Waals surface area contributed by atoms with Crippen LogP contribution in [0.25, 0.3) is 0 Å². The van der Waals surface area contributed by atoms with Gasteiger partial charge in [0.15, 0.2) is 6.10 Å². The molecule has 0 unspecified atom stereocenters. The molecule has 2 amide bonds. The molecular formula is C25H32N2O4. The fourth-order valence-electron chi connectivity index (χ4n) is 3.15. The first kappa shape index (κ1) is 24.1. The molecule has 0 spiro atoms. The summed E-state index contributed by atoms with van der Waals surface area (Å²) in [5.74, 6) is -1.27. The predicted octanol–water partition coefficient (Wildman–Crippen LogP) is 4.06. The van der Waals surface area contributed by atoms with Crippen molar-refractivity contribution in [3.63, 3.8) is 0 Å². The van der Waals surface area contributed by atoms with Crippen molar-refractivity contribution in [3.8, 4) is 0 Å². The minimum absolute atomic E-state index is 0.166. The van der Waals surface area contributed by atoms with Crippen molar-refractivity contribution in [1.82, 2.24) is 5.32 Å². The second-order valence-electron chi connectivity index (χ2n) is 8.26. The molecule has 0 bridgehead atoms. The number of benzene rings is 2. The van der Waals surface area contributed by atoms with Crippen molar-refractivity contribution >= 4 is 23.5 Å². The quantitative estimate of drug-likeness (QED) is 0.595. The van der Waals surface area contributed by atoms with Gasteiger partial charge < -0.3 is 15.4 Å². The number of nitrogens with one attached hydrogen (secondary N) is 2. The molecular weight excluding hydrogens is 392 g/mol. The smallest absolute Gasteiger partial charge is 0.329 e. The van der Waals surface area contributed by atoms with E-state index in [1.54, 1.807) is 0 Å². The minimum Gasteiger partial charge on any atom is -0.451 e. The zero-order chi connectivity index (χ0) is 23.0. The van der Waals surface area contributed by atoms with Gasteiger partial charge in [-0.1, -0.05) is 76.2 Å². The van der Waals surface area contributed by atoms with Gasteiger partial charge >= 0.3 is 5.97 Å². The number of amides is 2. The molecule has 0 saturated carbocycles. The van der Waals surface area contributed by atoms with Crippen molar-refractivity contribution in [3.05, 3.63) is 65.7 Å². The average Bonchev–Trinajstić information content (AvgIpc) is 2.72. The van der Waals surface area contributed by atoms with Crippen LogP contribution in [0.5, 0.6) is 0 Å². The minimum atomic E-state index is -1.00. The molecule has 0 radical (unpaired) electrons. The summed E-state index contributed by atoms with van der Waals surface area (Å²) in [6, 6.07) is 16.0. The third-order valence-corrected chi connectivity index (χ3v) is 4.95. The second kappa shape index (κ2) is 11.3. The van der Waals surface area contributed by atoms with Crippen LogP contribution >= 0.6 is 0 Å². The van der Waals surface area contributed by atoms with Gasteiger partial charge in [0.2, 0.25) is 5.91 Å². The molecule has 0 fully saturated rings. The summed E-state index contributed by atoms with van der Waals surface area (Å²) in [6.45, 7) is 9.24. The molecule has 0 aliphatic rings. The summed E-state index contributed by atoms with van der Waals surface area (Å²) >= 11 is 0. The largest absolute Gasteiger partial charge is 0.451 e. The lowest BCUT2D eigenvalue weighted by Gasteiger charge is -2.23. The highest BCUT2D eigenvalue weighted by atomic mass is 16.5. The summed E-state index contributed by atoms with van der Waals surface area (Å²) < 4.78 is 5.39. The van der Waals surface area contributed by atoms with Gasteiger partial charge in [-0.2, -0.15) is 0 Å². The van der Waals surface area contributed by atoms with Crippen molar-refractivity contribution in [2.24, 2.45) is 5.92 Å². The molecule has 2 aromatic rings. The van der Waals surface area contributed by atoms with Gasteiger partial charge in [-0.25, -0.2) is 4.79 Å². The maximum absolute atomic E-state index is 12.7. The van der Waals surface area contributed by atoms with E-state index in [1.165, 1.54) is 6.92 Å². The lowest BCUT2D eigenvalue weighted by Crippen LogP contribution is -2.47. The molecule has 31 heavy (non-hydrogen) atoms. The number of para-hydroxylation sites is 1. The van der Waals surface area contributed by atoms with Crippen molar-refractivity contribution < 1.29 is 19.1 Å². The Bertz CT molecular complexity index is 893. The van der Waals surface area contributed by atoms with E-state index in [9.17, 15) is 14.4 Å². The third kappa shape index (κ3) is 7.24. The van der Waals surface area contributed by atoms with Crippen LogP contribution in [0.2, 0.25) is 0 Å². The molecule has 2 N–H and O–H groups in total. The van der Waals surface area contributed by atoms with E-state index in [1.807, 2.05) is 82.3 Å². The van der Waals surface area contributed by atoms with Crippen LogP contribution in [-0.2, 0) is 25.5 Å². The normalized spacial score (nSPS) is 12.9. The molecule has 0 heterocycles. The molecule has 0 aromatic heterocycles. The van der Waals surface area contributed by atoms with Crippen LogP contribution in [0.15, 0.2) is 54.6 Å². The number of anilines is 1.